The summed E-state index contributed by atoms with van der Waals surface area (Å²) >= 11 is 7.00. The molecular formula is C28H25N5OS2. The minimum atomic E-state index is -0.0640. The van der Waals surface area contributed by atoms with Crippen molar-refractivity contribution in [2.45, 2.75) is 0 Å². The molecule has 3 aromatic carbocycles. The third-order valence-electron chi connectivity index (χ3n) is 6.63. The molecule has 2 saturated heterocycles. The summed E-state index contributed by atoms with van der Waals surface area (Å²) in [6.45, 7) is 3.38. The number of thioether (sulfide) groups is 1. The van der Waals surface area contributed by atoms with E-state index in [2.05, 4.69) is 47.3 Å². The van der Waals surface area contributed by atoms with Gasteiger partial charge in [0, 0.05) is 43.5 Å². The fraction of sp³-hybridized carbons (Fsp3) is 0.179. The maximum Gasteiger partial charge on any atom is 0.280 e. The Morgan fingerprint density at radius 1 is 0.917 bits per heavy atom. The van der Waals surface area contributed by atoms with E-state index in [4.69, 9.17) is 17.3 Å². The molecule has 4 aromatic rings. The molecular weight excluding hydrogens is 486 g/mol. The smallest absolute Gasteiger partial charge is 0.280 e. The summed E-state index contributed by atoms with van der Waals surface area (Å²) in [4.78, 5) is 16.4. The van der Waals surface area contributed by atoms with E-state index in [9.17, 15) is 4.79 Å². The van der Waals surface area contributed by atoms with Crippen LogP contribution in [0.15, 0.2) is 83.9 Å². The number of piperazine rings is 1. The number of carbonyl (C=O) groups excluding carboxylic acids is 1. The minimum absolute atomic E-state index is 0.0640. The van der Waals surface area contributed by atoms with Gasteiger partial charge in [0.15, 0.2) is 4.32 Å². The van der Waals surface area contributed by atoms with E-state index in [0.29, 0.717) is 9.23 Å². The number of fused-ring (bicyclic) bond motifs is 1. The summed E-state index contributed by atoms with van der Waals surface area (Å²) in [5.74, 6) is -0.0640. The van der Waals surface area contributed by atoms with Crippen LogP contribution >= 0.6 is 24.0 Å². The van der Waals surface area contributed by atoms with Gasteiger partial charge >= 0.3 is 0 Å². The Morgan fingerprint density at radius 2 is 1.64 bits per heavy atom. The zero-order chi connectivity index (χ0) is 24.6. The lowest BCUT2D eigenvalue weighted by molar-refractivity contribution is -0.135. The number of rotatable bonds is 4. The van der Waals surface area contributed by atoms with Gasteiger partial charge < -0.3 is 4.90 Å². The Morgan fingerprint density at radius 3 is 2.44 bits per heavy atom. The number of likely N-dealkylation sites (N-methyl/N-ethyl adjacent to an activating group) is 1. The predicted octanol–water partition coefficient (Wildman–Crippen LogP) is 5.06. The molecule has 2 aliphatic rings. The number of thiocarbonyl (C=S) groups is 1. The molecule has 2 fully saturated rings. The van der Waals surface area contributed by atoms with Gasteiger partial charge in [-0.25, -0.2) is 14.7 Å². The normalized spacial score (nSPS) is 18.6. The monoisotopic (exact) mass is 511 g/mol. The van der Waals surface area contributed by atoms with Crippen LogP contribution in [0, 0.1) is 0 Å². The second-order valence-electron chi connectivity index (χ2n) is 8.99. The molecule has 0 aliphatic carbocycles. The lowest BCUT2D eigenvalue weighted by Gasteiger charge is -2.37. The molecule has 0 N–H and O–H groups in total. The number of para-hydroxylation sites is 1. The Bertz CT molecular complexity index is 1480. The number of amides is 1. The molecule has 36 heavy (non-hydrogen) atoms. The van der Waals surface area contributed by atoms with Crippen LogP contribution in [0.5, 0.6) is 0 Å². The van der Waals surface area contributed by atoms with Gasteiger partial charge in [-0.3, -0.25) is 4.79 Å². The molecule has 8 heteroatoms. The summed E-state index contributed by atoms with van der Waals surface area (Å²) in [5, 5.41) is 11.0. The minimum Gasteiger partial charge on any atom is -0.304 e. The highest BCUT2D eigenvalue weighted by Gasteiger charge is 2.37. The first-order chi connectivity index (χ1) is 17.6. The highest BCUT2D eigenvalue weighted by molar-refractivity contribution is 8.26. The van der Waals surface area contributed by atoms with Gasteiger partial charge in [0.25, 0.3) is 5.91 Å². The Kier molecular flexibility index (Phi) is 6.18. The Labute approximate surface area is 219 Å². The van der Waals surface area contributed by atoms with Crippen molar-refractivity contribution in [3.63, 3.8) is 0 Å². The van der Waals surface area contributed by atoms with Crippen molar-refractivity contribution in [2.75, 3.05) is 33.2 Å². The van der Waals surface area contributed by atoms with Crippen molar-refractivity contribution in [1.82, 2.24) is 24.7 Å². The topological polar surface area (TPSA) is 44.6 Å². The standard InChI is InChI=1S/C28H25N5OS2/c1-30-14-16-31(17-15-30)33-27(34)25(36-28(33)35)18-21-19-32(22-10-3-2-4-11-22)29-26(21)24-13-7-9-20-8-5-6-12-23(20)24/h2-13,18-19H,14-17H2,1H3/b25-18-. The van der Waals surface area contributed by atoms with E-state index in [0.717, 1.165) is 59.5 Å². The van der Waals surface area contributed by atoms with E-state index in [-0.39, 0.29) is 5.91 Å². The summed E-state index contributed by atoms with van der Waals surface area (Å²) in [6.07, 6.45) is 3.94. The van der Waals surface area contributed by atoms with Crippen molar-refractivity contribution in [2.24, 2.45) is 0 Å². The molecule has 180 valence electrons. The van der Waals surface area contributed by atoms with E-state index < -0.39 is 0 Å². The van der Waals surface area contributed by atoms with Gasteiger partial charge in [0.05, 0.1) is 10.6 Å². The first kappa shape index (κ1) is 23.1. The van der Waals surface area contributed by atoms with Crippen LogP contribution in [0.25, 0.3) is 33.8 Å². The van der Waals surface area contributed by atoms with Gasteiger partial charge in [-0.2, -0.15) is 5.10 Å². The highest BCUT2D eigenvalue weighted by atomic mass is 32.2. The molecule has 0 spiro atoms. The second-order valence-corrected chi connectivity index (χ2v) is 10.7. The number of nitrogens with zero attached hydrogens (tertiary/aromatic N) is 5. The third kappa shape index (κ3) is 4.26. The third-order valence-corrected chi connectivity index (χ3v) is 7.91. The molecule has 3 heterocycles. The first-order valence-electron chi connectivity index (χ1n) is 11.9. The van der Waals surface area contributed by atoms with Crippen LogP contribution in [0.1, 0.15) is 5.56 Å². The lowest BCUT2D eigenvalue weighted by Crippen LogP contribution is -2.54. The zero-order valence-electron chi connectivity index (χ0n) is 19.9. The van der Waals surface area contributed by atoms with Crippen molar-refractivity contribution < 1.29 is 4.79 Å². The van der Waals surface area contributed by atoms with Crippen LogP contribution in [-0.2, 0) is 4.79 Å². The van der Waals surface area contributed by atoms with Gasteiger partial charge in [-0.05, 0) is 36.0 Å². The molecule has 6 nitrogen and oxygen atoms in total. The molecule has 0 unspecified atom stereocenters. The molecule has 0 saturated carbocycles. The van der Waals surface area contributed by atoms with E-state index in [1.807, 2.05) is 59.4 Å². The average molecular weight is 512 g/mol. The summed E-state index contributed by atoms with van der Waals surface area (Å²) in [7, 11) is 2.10. The van der Waals surface area contributed by atoms with E-state index in [1.54, 1.807) is 5.01 Å². The molecule has 2 aliphatic heterocycles. The summed E-state index contributed by atoms with van der Waals surface area (Å²) < 4.78 is 2.46. The highest BCUT2D eigenvalue weighted by Crippen LogP contribution is 2.37. The van der Waals surface area contributed by atoms with Crippen molar-refractivity contribution in [3.8, 4) is 16.9 Å². The average Bonchev–Trinajstić information content (AvgIpc) is 3.45. The second kappa shape index (κ2) is 9.63. The van der Waals surface area contributed by atoms with Crippen LogP contribution in [-0.4, -0.2) is 68.2 Å². The number of hydrogen-bond acceptors (Lipinski definition) is 6. The molecule has 6 rings (SSSR count). The largest absolute Gasteiger partial charge is 0.304 e. The number of hydrogen-bond donors (Lipinski definition) is 0. The molecule has 1 aromatic heterocycles. The maximum absolute atomic E-state index is 13.5. The van der Waals surface area contributed by atoms with Crippen LogP contribution in [0.4, 0.5) is 0 Å². The fourth-order valence-electron chi connectivity index (χ4n) is 4.69. The lowest BCUT2D eigenvalue weighted by atomic mass is 10.00. The number of benzene rings is 3. The maximum atomic E-state index is 13.5. The van der Waals surface area contributed by atoms with Crippen LogP contribution in [0.2, 0.25) is 0 Å². The van der Waals surface area contributed by atoms with Crippen molar-refractivity contribution >= 4 is 51.1 Å². The molecule has 0 bridgehead atoms. The van der Waals surface area contributed by atoms with E-state index in [1.165, 1.54) is 11.8 Å². The van der Waals surface area contributed by atoms with Crippen molar-refractivity contribution in [1.29, 1.82) is 0 Å². The molecule has 0 radical (unpaired) electrons. The Hall–Kier alpha value is -3.30. The van der Waals surface area contributed by atoms with Gasteiger partial charge in [0.2, 0.25) is 0 Å². The van der Waals surface area contributed by atoms with Crippen LogP contribution < -0.4 is 0 Å². The van der Waals surface area contributed by atoms with E-state index >= 15 is 0 Å². The van der Waals surface area contributed by atoms with Crippen LogP contribution in [0.3, 0.4) is 0 Å². The van der Waals surface area contributed by atoms with Gasteiger partial charge in [-0.1, -0.05) is 84.6 Å². The number of hydrazine groups is 1. The Balaban J connectivity index is 1.44. The van der Waals surface area contributed by atoms with Gasteiger partial charge in [-0.15, -0.1) is 0 Å². The summed E-state index contributed by atoms with van der Waals surface area (Å²) in [5.41, 5.74) is 3.71. The zero-order valence-corrected chi connectivity index (χ0v) is 21.5. The number of carbonyl (C=O) groups is 1. The molecule has 1 amide bonds. The SMILES string of the molecule is CN1CCN(N2C(=O)/C(=C/c3cn(-c4ccccc4)nc3-c3cccc4ccccc34)SC2=S)CC1. The fourth-order valence-corrected chi connectivity index (χ4v) is 5.99. The molecule has 0 atom stereocenters. The van der Waals surface area contributed by atoms with Gasteiger partial charge in [0.1, 0.15) is 5.69 Å². The predicted molar refractivity (Wildman–Crippen MR) is 151 cm³/mol. The first-order valence-corrected chi connectivity index (χ1v) is 13.2. The quantitative estimate of drug-likeness (QED) is 0.282. The van der Waals surface area contributed by atoms with Crippen molar-refractivity contribution in [3.05, 3.63) is 89.5 Å². The summed E-state index contributed by atoms with van der Waals surface area (Å²) in [6, 6.07) is 24.6. The number of aromatic nitrogens is 2.